The van der Waals surface area contributed by atoms with E-state index >= 15 is 0 Å². The summed E-state index contributed by atoms with van der Waals surface area (Å²) in [6.45, 7) is 2.64. The van der Waals surface area contributed by atoms with Gasteiger partial charge in [0.25, 0.3) is 5.89 Å². The van der Waals surface area contributed by atoms with E-state index < -0.39 is 6.04 Å². The maximum absolute atomic E-state index is 13.0. The molecule has 1 N–H and O–H groups in total. The Kier molecular flexibility index (Phi) is 6.60. The van der Waals surface area contributed by atoms with Crippen LogP contribution in [-0.4, -0.2) is 55.6 Å². The molecule has 1 aliphatic heterocycles. The predicted molar refractivity (Wildman–Crippen MR) is 122 cm³/mol. The van der Waals surface area contributed by atoms with E-state index in [2.05, 4.69) is 15.5 Å². The fourth-order valence-corrected chi connectivity index (χ4v) is 3.83. The second kappa shape index (κ2) is 9.74. The van der Waals surface area contributed by atoms with Crippen molar-refractivity contribution >= 4 is 11.6 Å². The molecule has 0 bridgehead atoms. The van der Waals surface area contributed by atoms with Crippen LogP contribution in [0.4, 0.5) is 4.79 Å². The Morgan fingerprint density at radius 1 is 1.06 bits per heavy atom. The molecule has 0 radical (unpaired) electrons. The van der Waals surface area contributed by atoms with Crippen molar-refractivity contribution in [1.29, 1.82) is 0 Å². The van der Waals surface area contributed by atoms with Crippen LogP contribution < -0.4 is 14.8 Å². The lowest BCUT2D eigenvalue weighted by molar-refractivity contribution is 0.158. The summed E-state index contributed by atoms with van der Waals surface area (Å²) in [5, 5.41) is 7.23. The number of amides is 2. The highest BCUT2D eigenvalue weighted by Gasteiger charge is 2.36. The Hall–Kier alpha value is -3.85. The van der Waals surface area contributed by atoms with Crippen molar-refractivity contribution in [3.63, 3.8) is 0 Å². The van der Waals surface area contributed by atoms with E-state index in [0.717, 1.165) is 11.1 Å². The van der Waals surface area contributed by atoms with Crippen LogP contribution >= 0.6 is 0 Å². The molecule has 9 nitrogen and oxygen atoms in total. The average molecular weight is 450 g/mol. The van der Waals surface area contributed by atoms with Gasteiger partial charge in [-0.3, -0.25) is 4.90 Å². The minimum absolute atomic E-state index is 0.240. The minimum Gasteiger partial charge on any atom is -0.493 e. The maximum Gasteiger partial charge on any atom is 0.322 e. The standard InChI is InChI=1S/C24H26N4O5/c1-15-20(23-26-22(27-33-23)16-8-6-5-7-9-16)21(25-24(29)28(15)12-13-30-2)17-10-11-18(31-3)19(14-17)32-4/h5-11,14,21H,12-13H2,1-4H3,(H,25,29). The van der Waals surface area contributed by atoms with Crippen molar-refractivity contribution in [2.24, 2.45) is 0 Å². The third-order valence-corrected chi connectivity index (χ3v) is 5.54. The van der Waals surface area contributed by atoms with Gasteiger partial charge in [0.1, 0.15) is 0 Å². The number of methoxy groups -OCH3 is 3. The lowest BCUT2D eigenvalue weighted by Gasteiger charge is -2.35. The molecular weight excluding hydrogens is 424 g/mol. The van der Waals surface area contributed by atoms with Crippen LogP contribution in [0, 0.1) is 0 Å². The topological polar surface area (TPSA) is 99.0 Å². The molecule has 1 atom stereocenters. The summed E-state index contributed by atoms with van der Waals surface area (Å²) in [5.74, 6) is 1.95. The number of carbonyl (C=O) groups excluding carboxylic acids is 1. The zero-order valence-corrected chi connectivity index (χ0v) is 19.0. The smallest absolute Gasteiger partial charge is 0.322 e. The molecular formula is C24H26N4O5. The van der Waals surface area contributed by atoms with Crippen LogP contribution in [0.5, 0.6) is 11.5 Å². The second-order valence-electron chi connectivity index (χ2n) is 7.43. The molecule has 0 saturated carbocycles. The van der Waals surface area contributed by atoms with Crippen molar-refractivity contribution in [2.75, 3.05) is 34.5 Å². The predicted octanol–water partition coefficient (Wildman–Crippen LogP) is 3.90. The van der Waals surface area contributed by atoms with Gasteiger partial charge in [-0.1, -0.05) is 41.6 Å². The number of benzene rings is 2. The molecule has 1 aromatic heterocycles. The van der Waals surface area contributed by atoms with Crippen molar-refractivity contribution in [2.45, 2.75) is 13.0 Å². The molecule has 172 valence electrons. The van der Waals surface area contributed by atoms with Gasteiger partial charge < -0.3 is 24.1 Å². The van der Waals surface area contributed by atoms with E-state index in [1.807, 2.05) is 49.4 Å². The number of ether oxygens (including phenoxy) is 3. The first-order chi connectivity index (χ1) is 16.1. The van der Waals surface area contributed by atoms with E-state index in [-0.39, 0.29) is 6.03 Å². The number of carbonyl (C=O) groups is 1. The quantitative estimate of drug-likeness (QED) is 0.556. The monoisotopic (exact) mass is 450 g/mol. The molecule has 9 heteroatoms. The number of rotatable bonds is 8. The first-order valence-corrected chi connectivity index (χ1v) is 10.5. The summed E-state index contributed by atoms with van der Waals surface area (Å²) in [6.07, 6.45) is 0. The molecule has 0 fully saturated rings. The van der Waals surface area contributed by atoms with Crippen molar-refractivity contribution < 1.29 is 23.5 Å². The Labute approximate surface area is 191 Å². The third kappa shape index (κ3) is 4.40. The van der Waals surface area contributed by atoms with Crippen LogP contribution in [0.3, 0.4) is 0 Å². The zero-order valence-electron chi connectivity index (χ0n) is 19.0. The highest BCUT2D eigenvalue weighted by atomic mass is 16.5. The van der Waals surface area contributed by atoms with Gasteiger partial charge in [-0.2, -0.15) is 4.98 Å². The Morgan fingerprint density at radius 2 is 1.82 bits per heavy atom. The van der Waals surface area contributed by atoms with Crippen molar-refractivity contribution in [1.82, 2.24) is 20.4 Å². The molecule has 0 spiro atoms. The summed E-state index contributed by atoms with van der Waals surface area (Å²) in [7, 11) is 4.74. The highest BCUT2D eigenvalue weighted by molar-refractivity contribution is 5.87. The molecule has 0 saturated heterocycles. The van der Waals surface area contributed by atoms with E-state index in [9.17, 15) is 4.79 Å². The molecule has 4 rings (SSSR count). The lowest BCUT2D eigenvalue weighted by Crippen LogP contribution is -2.47. The number of hydrogen-bond donors (Lipinski definition) is 1. The summed E-state index contributed by atoms with van der Waals surface area (Å²) in [5.41, 5.74) is 3.04. The molecule has 3 aromatic rings. The van der Waals surface area contributed by atoms with Crippen LogP contribution in [0.25, 0.3) is 17.0 Å². The molecule has 33 heavy (non-hydrogen) atoms. The van der Waals surface area contributed by atoms with Crippen LogP contribution in [0.15, 0.2) is 58.8 Å². The van der Waals surface area contributed by atoms with Crippen LogP contribution in [-0.2, 0) is 4.74 Å². The number of allylic oxidation sites excluding steroid dienone is 1. The molecule has 1 unspecified atom stereocenters. The van der Waals surface area contributed by atoms with Crippen LogP contribution in [0.1, 0.15) is 24.4 Å². The number of aromatic nitrogens is 2. The van der Waals surface area contributed by atoms with Gasteiger partial charge in [0.15, 0.2) is 11.5 Å². The second-order valence-corrected chi connectivity index (χ2v) is 7.43. The van der Waals surface area contributed by atoms with Gasteiger partial charge in [-0.15, -0.1) is 0 Å². The van der Waals surface area contributed by atoms with E-state index in [1.54, 1.807) is 32.3 Å². The summed E-state index contributed by atoms with van der Waals surface area (Å²) in [4.78, 5) is 19.2. The molecule has 2 aromatic carbocycles. The van der Waals surface area contributed by atoms with Crippen molar-refractivity contribution in [3.8, 4) is 22.9 Å². The molecule has 2 amide bonds. The fourth-order valence-electron chi connectivity index (χ4n) is 3.83. The third-order valence-electron chi connectivity index (χ3n) is 5.54. The number of nitrogens with one attached hydrogen (secondary N) is 1. The van der Waals surface area contributed by atoms with E-state index in [4.69, 9.17) is 18.7 Å². The molecule has 0 aliphatic carbocycles. The van der Waals surface area contributed by atoms with Gasteiger partial charge in [0.05, 0.1) is 39.0 Å². The SMILES string of the molecule is COCCN1C(=O)NC(c2ccc(OC)c(OC)c2)C(c2nc(-c3ccccc3)no2)=C1C. The lowest BCUT2D eigenvalue weighted by atomic mass is 9.94. The van der Waals surface area contributed by atoms with Gasteiger partial charge >= 0.3 is 6.03 Å². The van der Waals surface area contributed by atoms with Gasteiger partial charge in [0.2, 0.25) is 5.82 Å². The van der Waals surface area contributed by atoms with E-state index in [1.165, 1.54) is 0 Å². The average Bonchev–Trinajstić information content (AvgIpc) is 3.33. The van der Waals surface area contributed by atoms with Gasteiger partial charge in [-0.25, -0.2) is 4.79 Å². The number of urea groups is 1. The largest absolute Gasteiger partial charge is 0.493 e. The first-order valence-electron chi connectivity index (χ1n) is 10.5. The van der Waals surface area contributed by atoms with E-state index in [0.29, 0.717) is 47.6 Å². The van der Waals surface area contributed by atoms with Crippen molar-refractivity contribution in [3.05, 3.63) is 65.7 Å². The Bertz CT molecular complexity index is 1160. The maximum atomic E-state index is 13.0. The summed E-state index contributed by atoms with van der Waals surface area (Å²) in [6, 6.07) is 14.3. The number of hydrogen-bond acceptors (Lipinski definition) is 7. The minimum atomic E-state index is -0.528. The molecule has 1 aliphatic rings. The zero-order chi connectivity index (χ0) is 23.4. The van der Waals surface area contributed by atoms with Crippen LogP contribution in [0.2, 0.25) is 0 Å². The Balaban J connectivity index is 1.81. The summed E-state index contributed by atoms with van der Waals surface area (Å²) >= 11 is 0. The van der Waals surface area contributed by atoms with Gasteiger partial charge in [0, 0.05) is 18.4 Å². The highest BCUT2D eigenvalue weighted by Crippen LogP contribution is 2.39. The number of nitrogens with zero attached hydrogens (tertiary/aromatic N) is 3. The first kappa shape index (κ1) is 22.3. The van der Waals surface area contributed by atoms with Gasteiger partial charge in [-0.05, 0) is 24.6 Å². The normalized spacial score (nSPS) is 16.1. The Morgan fingerprint density at radius 3 is 2.52 bits per heavy atom. The fraction of sp³-hybridized carbons (Fsp3) is 0.292. The molecule has 2 heterocycles. The summed E-state index contributed by atoms with van der Waals surface area (Å²) < 4.78 is 21.7.